The number of benzene rings is 1. The number of nitrogens with one attached hydrogen (secondary N) is 1. The number of amides is 1. The minimum Gasteiger partial charge on any atom is -0.461 e. The van der Waals surface area contributed by atoms with Crippen molar-refractivity contribution in [3.8, 4) is 0 Å². The van der Waals surface area contributed by atoms with Crippen LogP contribution in [0.4, 0.5) is 5.00 Å². The number of aromatic nitrogens is 1. The third-order valence-corrected chi connectivity index (χ3v) is 6.65. The van der Waals surface area contributed by atoms with E-state index in [1.54, 1.807) is 41.8 Å². The second-order valence-electron chi connectivity index (χ2n) is 7.13. The van der Waals surface area contributed by atoms with Gasteiger partial charge in [-0.3, -0.25) is 9.59 Å². The number of aromatic amines is 1. The first kappa shape index (κ1) is 19.0. The number of anilines is 1. The number of H-pyrrole nitrogens is 1. The normalized spacial score (nSPS) is 14.4. The lowest BCUT2D eigenvalue weighted by molar-refractivity contribution is 0.0747. The second-order valence-corrected chi connectivity index (χ2v) is 8.82. The van der Waals surface area contributed by atoms with Crippen molar-refractivity contribution in [2.45, 2.75) is 0 Å². The van der Waals surface area contributed by atoms with E-state index in [2.05, 4.69) is 9.88 Å². The average Bonchev–Trinajstić information content (AvgIpc) is 3.53. The summed E-state index contributed by atoms with van der Waals surface area (Å²) in [6.45, 7) is 2.80. The van der Waals surface area contributed by atoms with Crippen LogP contribution in [0.1, 0.15) is 26.5 Å². The first-order chi connectivity index (χ1) is 14.6. The van der Waals surface area contributed by atoms with E-state index in [9.17, 15) is 9.59 Å². The molecule has 6 nitrogen and oxygen atoms in total. The first-order valence-corrected chi connectivity index (χ1v) is 10.8. The lowest BCUT2D eigenvalue weighted by atomic mass is 10.0. The van der Waals surface area contributed by atoms with Crippen LogP contribution >= 0.6 is 22.9 Å². The van der Waals surface area contributed by atoms with E-state index in [0.29, 0.717) is 29.6 Å². The van der Waals surface area contributed by atoms with E-state index >= 15 is 0 Å². The van der Waals surface area contributed by atoms with Crippen molar-refractivity contribution >= 4 is 50.5 Å². The lowest BCUT2D eigenvalue weighted by Gasteiger charge is -2.35. The summed E-state index contributed by atoms with van der Waals surface area (Å²) >= 11 is 7.59. The summed E-state index contributed by atoms with van der Waals surface area (Å²) in [6.07, 6.45) is 3.13. The van der Waals surface area contributed by atoms with E-state index in [1.807, 2.05) is 23.1 Å². The fourth-order valence-electron chi connectivity index (χ4n) is 3.77. The molecule has 1 aromatic carbocycles. The number of nitrogens with zero attached hydrogens (tertiary/aromatic N) is 2. The Bertz CT molecular complexity index is 1220. The van der Waals surface area contributed by atoms with Crippen LogP contribution in [-0.4, -0.2) is 47.8 Å². The SMILES string of the molecule is O=C(c1ccco1)c1c[nH]c2ccc(C(=O)N3CCN(c4ccc(Cl)s4)CC3)cc12. The highest BCUT2D eigenvalue weighted by Gasteiger charge is 2.24. The molecule has 1 N–H and O–H groups in total. The Kier molecular flexibility index (Phi) is 4.84. The largest absolute Gasteiger partial charge is 0.461 e. The Morgan fingerprint density at radius 2 is 1.90 bits per heavy atom. The van der Waals surface area contributed by atoms with Crippen molar-refractivity contribution in [2.75, 3.05) is 31.1 Å². The first-order valence-electron chi connectivity index (χ1n) is 9.59. The van der Waals surface area contributed by atoms with Gasteiger partial charge in [0.15, 0.2) is 5.76 Å². The zero-order chi connectivity index (χ0) is 20.7. The van der Waals surface area contributed by atoms with Gasteiger partial charge in [-0.15, -0.1) is 11.3 Å². The minimum absolute atomic E-state index is 0.0293. The van der Waals surface area contributed by atoms with Crippen molar-refractivity contribution in [1.29, 1.82) is 0 Å². The number of carbonyl (C=O) groups is 2. The maximum absolute atomic E-state index is 13.1. The van der Waals surface area contributed by atoms with E-state index in [-0.39, 0.29) is 17.5 Å². The molecule has 4 heterocycles. The van der Waals surface area contributed by atoms with Crippen LogP contribution in [0.2, 0.25) is 4.34 Å². The second kappa shape index (κ2) is 7.66. The van der Waals surface area contributed by atoms with E-state index in [1.165, 1.54) is 6.26 Å². The monoisotopic (exact) mass is 439 g/mol. The van der Waals surface area contributed by atoms with Crippen molar-refractivity contribution in [3.05, 3.63) is 76.1 Å². The third-order valence-electron chi connectivity index (χ3n) is 5.36. The van der Waals surface area contributed by atoms with Gasteiger partial charge < -0.3 is 19.2 Å². The number of hydrogen-bond acceptors (Lipinski definition) is 5. The van der Waals surface area contributed by atoms with Gasteiger partial charge in [-0.25, -0.2) is 0 Å². The Balaban J connectivity index is 1.35. The molecule has 0 spiro atoms. The predicted octanol–water partition coefficient (Wildman–Crippen LogP) is 4.67. The van der Waals surface area contributed by atoms with Crippen LogP contribution < -0.4 is 4.90 Å². The molecule has 5 rings (SSSR count). The van der Waals surface area contributed by atoms with Gasteiger partial charge in [0.2, 0.25) is 5.78 Å². The summed E-state index contributed by atoms with van der Waals surface area (Å²) in [5, 5.41) is 1.84. The summed E-state index contributed by atoms with van der Waals surface area (Å²) in [6, 6.07) is 12.7. The molecule has 1 fully saturated rings. The van der Waals surface area contributed by atoms with E-state index < -0.39 is 0 Å². The summed E-state index contributed by atoms with van der Waals surface area (Å²) < 4.78 is 6.01. The van der Waals surface area contributed by atoms with Crippen molar-refractivity contribution in [2.24, 2.45) is 0 Å². The molecule has 1 aliphatic rings. The fraction of sp³-hybridized carbons (Fsp3) is 0.182. The highest BCUT2D eigenvalue weighted by molar-refractivity contribution is 7.19. The number of piperazine rings is 1. The van der Waals surface area contributed by atoms with Gasteiger partial charge in [0, 0.05) is 48.8 Å². The molecule has 0 atom stereocenters. The Morgan fingerprint density at radius 1 is 1.07 bits per heavy atom. The molecular weight excluding hydrogens is 422 g/mol. The summed E-state index contributed by atoms with van der Waals surface area (Å²) in [4.78, 5) is 33.0. The number of furan rings is 1. The molecule has 0 aliphatic carbocycles. The molecule has 4 aromatic rings. The molecule has 0 saturated carbocycles. The third kappa shape index (κ3) is 3.40. The lowest BCUT2D eigenvalue weighted by Crippen LogP contribution is -2.48. The highest BCUT2D eigenvalue weighted by Crippen LogP contribution is 2.30. The molecular formula is C22H18ClN3O3S. The van der Waals surface area contributed by atoms with Crippen LogP contribution in [0.25, 0.3) is 10.9 Å². The van der Waals surface area contributed by atoms with Crippen LogP contribution in [0.3, 0.4) is 0 Å². The molecule has 8 heteroatoms. The van der Waals surface area contributed by atoms with E-state index in [0.717, 1.165) is 27.9 Å². The predicted molar refractivity (Wildman–Crippen MR) is 118 cm³/mol. The molecule has 152 valence electrons. The van der Waals surface area contributed by atoms with Gasteiger partial charge in [0.05, 0.1) is 21.2 Å². The van der Waals surface area contributed by atoms with Gasteiger partial charge >= 0.3 is 0 Å². The van der Waals surface area contributed by atoms with Crippen LogP contribution in [-0.2, 0) is 0 Å². The molecule has 1 aliphatic heterocycles. The van der Waals surface area contributed by atoms with Gasteiger partial charge in [-0.1, -0.05) is 11.6 Å². The molecule has 30 heavy (non-hydrogen) atoms. The standard InChI is InChI=1S/C22H18ClN3O3S/c23-19-5-6-20(30-19)25-7-9-26(10-8-25)22(28)14-3-4-17-15(12-14)16(13-24-17)21(27)18-2-1-11-29-18/h1-6,11-13,24H,7-10H2. The van der Waals surface area contributed by atoms with Crippen LogP contribution in [0, 0.1) is 0 Å². The van der Waals surface area contributed by atoms with Gasteiger partial charge in [-0.2, -0.15) is 0 Å². The summed E-state index contributed by atoms with van der Waals surface area (Å²) in [5.74, 6) is 0.0369. The highest BCUT2D eigenvalue weighted by atomic mass is 35.5. The van der Waals surface area contributed by atoms with Crippen molar-refractivity contribution in [3.63, 3.8) is 0 Å². The number of carbonyl (C=O) groups excluding carboxylic acids is 2. The zero-order valence-electron chi connectivity index (χ0n) is 15.9. The molecule has 1 amide bonds. The number of rotatable bonds is 4. The van der Waals surface area contributed by atoms with Crippen molar-refractivity contribution < 1.29 is 14.0 Å². The number of hydrogen-bond donors (Lipinski definition) is 1. The topological polar surface area (TPSA) is 69.5 Å². The number of fused-ring (bicyclic) bond motifs is 1. The van der Waals surface area contributed by atoms with Crippen molar-refractivity contribution in [1.82, 2.24) is 9.88 Å². The number of thiophene rings is 1. The maximum Gasteiger partial charge on any atom is 0.253 e. The van der Waals surface area contributed by atoms with Crippen LogP contribution in [0.5, 0.6) is 0 Å². The molecule has 3 aromatic heterocycles. The Morgan fingerprint density at radius 3 is 2.60 bits per heavy atom. The zero-order valence-corrected chi connectivity index (χ0v) is 17.5. The summed E-state index contributed by atoms with van der Waals surface area (Å²) in [5.41, 5.74) is 1.87. The Labute approximate surface area is 181 Å². The number of halogens is 1. The van der Waals surface area contributed by atoms with E-state index in [4.69, 9.17) is 16.0 Å². The summed E-state index contributed by atoms with van der Waals surface area (Å²) in [7, 11) is 0. The molecule has 0 unspecified atom stereocenters. The van der Waals surface area contributed by atoms with Crippen LogP contribution in [0.15, 0.2) is 59.3 Å². The fourth-order valence-corrected chi connectivity index (χ4v) is 4.85. The Hall–Kier alpha value is -3.03. The van der Waals surface area contributed by atoms with Gasteiger partial charge in [0.1, 0.15) is 0 Å². The van der Waals surface area contributed by atoms with Gasteiger partial charge in [-0.05, 0) is 42.5 Å². The molecule has 0 radical (unpaired) electrons. The smallest absolute Gasteiger partial charge is 0.253 e. The quantitative estimate of drug-likeness (QED) is 0.469. The minimum atomic E-state index is -0.209. The average molecular weight is 440 g/mol. The molecule has 0 bridgehead atoms. The maximum atomic E-state index is 13.1. The number of ketones is 1. The van der Waals surface area contributed by atoms with Gasteiger partial charge in [0.25, 0.3) is 5.91 Å². The molecule has 1 saturated heterocycles.